The molecule has 1 rings (SSSR count). The lowest BCUT2D eigenvalue weighted by Gasteiger charge is -2.20. The summed E-state index contributed by atoms with van der Waals surface area (Å²) in [5.41, 5.74) is 5.90. The number of urea groups is 1. The Morgan fingerprint density at radius 1 is 1.29 bits per heavy atom. The van der Waals surface area contributed by atoms with Crippen molar-refractivity contribution in [3.63, 3.8) is 0 Å². The normalized spacial score (nSPS) is 13.3. The van der Waals surface area contributed by atoms with E-state index in [1.165, 1.54) is 0 Å². The van der Waals surface area contributed by atoms with E-state index in [0.717, 1.165) is 12.0 Å². The fourth-order valence-corrected chi connectivity index (χ4v) is 2.34. The Morgan fingerprint density at radius 3 is 2.48 bits per heavy atom. The molecule has 0 saturated carbocycles. The zero-order chi connectivity index (χ0) is 16.0. The quantitative estimate of drug-likeness (QED) is 0.748. The van der Waals surface area contributed by atoms with Crippen molar-refractivity contribution >= 4 is 35.1 Å². The SMILES string of the molecule is CC[C@H](Cc1ccc(Cl)cc1Cl)NC(=O)[C@@H](C)NC(N)=O. The van der Waals surface area contributed by atoms with Crippen LogP contribution in [0, 0.1) is 0 Å². The van der Waals surface area contributed by atoms with E-state index in [1.54, 1.807) is 19.1 Å². The summed E-state index contributed by atoms with van der Waals surface area (Å²) in [6.07, 6.45) is 1.32. The van der Waals surface area contributed by atoms with E-state index in [1.807, 2.05) is 13.0 Å². The number of primary amides is 1. The van der Waals surface area contributed by atoms with Crippen molar-refractivity contribution < 1.29 is 9.59 Å². The number of rotatable bonds is 6. The van der Waals surface area contributed by atoms with E-state index < -0.39 is 12.1 Å². The number of hydrogen-bond donors (Lipinski definition) is 3. The van der Waals surface area contributed by atoms with Gasteiger partial charge in [0.1, 0.15) is 6.04 Å². The average molecular weight is 332 g/mol. The van der Waals surface area contributed by atoms with Gasteiger partial charge >= 0.3 is 6.03 Å². The maximum Gasteiger partial charge on any atom is 0.312 e. The number of nitrogens with one attached hydrogen (secondary N) is 2. The van der Waals surface area contributed by atoms with Crippen molar-refractivity contribution in [3.05, 3.63) is 33.8 Å². The van der Waals surface area contributed by atoms with Crippen molar-refractivity contribution in [2.24, 2.45) is 5.73 Å². The summed E-state index contributed by atoms with van der Waals surface area (Å²) in [5.74, 6) is -0.286. The van der Waals surface area contributed by atoms with Crippen molar-refractivity contribution in [2.45, 2.75) is 38.8 Å². The molecule has 0 aliphatic rings. The predicted octanol–water partition coefficient (Wildman–Crippen LogP) is 2.49. The van der Waals surface area contributed by atoms with Gasteiger partial charge in [0.2, 0.25) is 5.91 Å². The van der Waals surface area contributed by atoms with E-state index in [-0.39, 0.29) is 11.9 Å². The monoisotopic (exact) mass is 331 g/mol. The summed E-state index contributed by atoms with van der Waals surface area (Å²) >= 11 is 12.0. The summed E-state index contributed by atoms with van der Waals surface area (Å²) in [4.78, 5) is 22.7. The molecule has 0 heterocycles. The Hall–Kier alpha value is -1.46. The Morgan fingerprint density at radius 2 is 1.95 bits per heavy atom. The highest BCUT2D eigenvalue weighted by Crippen LogP contribution is 2.22. The molecule has 0 aromatic heterocycles. The van der Waals surface area contributed by atoms with Crippen LogP contribution in [0.25, 0.3) is 0 Å². The van der Waals surface area contributed by atoms with Gasteiger partial charge in [-0.15, -0.1) is 0 Å². The number of halogens is 2. The first-order valence-electron chi connectivity index (χ1n) is 6.63. The Bertz CT molecular complexity index is 523. The standard InChI is InChI=1S/C14H19Cl2N3O2/c1-3-11(19-13(20)8(2)18-14(17)21)6-9-4-5-10(15)7-12(9)16/h4-5,7-8,11H,3,6H2,1-2H3,(H,19,20)(H3,17,18,21)/t8-,11-/m1/s1. The second-order valence-corrected chi connectivity index (χ2v) is 5.63. The Kier molecular flexibility index (Phi) is 6.78. The van der Waals surface area contributed by atoms with Crippen LogP contribution in [-0.2, 0) is 11.2 Å². The highest BCUT2D eigenvalue weighted by atomic mass is 35.5. The van der Waals surface area contributed by atoms with Gasteiger partial charge in [0.25, 0.3) is 0 Å². The van der Waals surface area contributed by atoms with Crippen LogP contribution in [0.15, 0.2) is 18.2 Å². The number of benzene rings is 1. The fraction of sp³-hybridized carbons (Fsp3) is 0.429. The molecule has 3 amide bonds. The molecule has 0 fully saturated rings. The maximum absolute atomic E-state index is 11.9. The molecule has 2 atom stereocenters. The van der Waals surface area contributed by atoms with Crippen molar-refractivity contribution in [1.29, 1.82) is 0 Å². The smallest absolute Gasteiger partial charge is 0.312 e. The molecule has 5 nitrogen and oxygen atoms in total. The van der Waals surface area contributed by atoms with Gasteiger partial charge in [-0.2, -0.15) is 0 Å². The summed E-state index contributed by atoms with van der Waals surface area (Å²) in [7, 11) is 0. The summed E-state index contributed by atoms with van der Waals surface area (Å²) < 4.78 is 0. The third-order valence-electron chi connectivity index (χ3n) is 3.07. The molecule has 7 heteroatoms. The Balaban J connectivity index is 2.66. The number of amides is 3. The number of carbonyl (C=O) groups is 2. The van der Waals surface area contributed by atoms with Crippen LogP contribution in [0.3, 0.4) is 0 Å². The molecule has 4 N–H and O–H groups in total. The molecule has 0 unspecified atom stereocenters. The van der Waals surface area contributed by atoms with Crippen molar-refractivity contribution in [2.75, 3.05) is 0 Å². The number of carbonyl (C=O) groups excluding carboxylic acids is 2. The van der Waals surface area contributed by atoms with Crippen LogP contribution >= 0.6 is 23.2 Å². The zero-order valence-corrected chi connectivity index (χ0v) is 13.5. The van der Waals surface area contributed by atoms with E-state index >= 15 is 0 Å². The second-order valence-electron chi connectivity index (χ2n) is 4.78. The van der Waals surface area contributed by atoms with E-state index in [2.05, 4.69) is 10.6 Å². The van der Waals surface area contributed by atoms with Crippen LogP contribution in [-0.4, -0.2) is 24.0 Å². The molecule has 0 radical (unpaired) electrons. The third kappa shape index (κ3) is 5.81. The minimum Gasteiger partial charge on any atom is -0.352 e. The van der Waals surface area contributed by atoms with Gasteiger partial charge in [0.15, 0.2) is 0 Å². The predicted molar refractivity (Wildman–Crippen MR) is 84.6 cm³/mol. The molecule has 1 aromatic rings. The molecule has 0 saturated heterocycles. The molecule has 0 spiro atoms. The topological polar surface area (TPSA) is 84.2 Å². The van der Waals surface area contributed by atoms with Gasteiger partial charge in [0, 0.05) is 16.1 Å². The molecule has 0 aliphatic carbocycles. The molecule has 1 aromatic carbocycles. The van der Waals surface area contributed by atoms with E-state index in [4.69, 9.17) is 28.9 Å². The summed E-state index contributed by atoms with van der Waals surface area (Å²) in [6, 6.07) is 3.76. The second kappa shape index (κ2) is 8.10. The van der Waals surface area contributed by atoms with Gasteiger partial charge in [-0.1, -0.05) is 36.2 Å². The fourth-order valence-electron chi connectivity index (χ4n) is 1.86. The van der Waals surface area contributed by atoms with Gasteiger partial charge in [-0.25, -0.2) is 4.79 Å². The molecular weight excluding hydrogens is 313 g/mol. The zero-order valence-electron chi connectivity index (χ0n) is 12.0. The van der Waals surface area contributed by atoms with E-state index in [9.17, 15) is 9.59 Å². The first-order valence-corrected chi connectivity index (χ1v) is 7.39. The molecule has 116 valence electrons. The third-order valence-corrected chi connectivity index (χ3v) is 3.66. The van der Waals surface area contributed by atoms with Crippen LogP contribution < -0.4 is 16.4 Å². The van der Waals surface area contributed by atoms with Crippen molar-refractivity contribution in [3.8, 4) is 0 Å². The first-order chi connectivity index (χ1) is 9.83. The first kappa shape index (κ1) is 17.6. The summed E-state index contributed by atoms with van der Waals surface area (Å²) in [6.45, 7) is 3.53. The van der Waals surface area contributed by atoms with Gasteiger partial charge in [0.05, 0.1) is 0 Å². The summed E-state index contributed by atoms with van der Waals surface area (Å²) in [5, 5.41) is 6.34. The highest BCUT2D eigenvalue weighted by molar-refractivity contribution is 6.35. The lowest BCUT2D eigenvalue weighted by molar-refractivity contribution is -0.123. The average Bonchev–Trinajstić information content (AvgIpc) is 2.39. The minimum atomic E-state index is -0.730. The molecule has 0 bridgehead atoms. The molecule has 0 aliphatic heterocycles. The van der Waals surface area contributed by atoms with Gasteiger partial charge in [-0.3, -0.25) is 4.79 Å². The lowest BCUT2D eigenvalue weighted by atomic mass is 10.0. The van der Waals surface area contributed by atoms with Gasteiger partial charge < -0.3 is 16.4 Å². The molecular formula is C14H19Cl2N3O2. The number of nitrogens with two attached hydrogens (primary N) is 1. The molecule has 21 heavy (non-hydrogen) atoms. The van der Waals surface area contributed by atoms with Crippen LogP contribution in [0.5, 0.6) is 0 Å². The van der Waals surface area contributed by atoms with Gasteiger partial charge in [-0.05, 0) is 37.5 Å². The van der Waals surface area contributed by atoms with Crippen molar-refractivity contribution in [1.82, 2.24) is 10.6 Å². The lowest BCUT2D eigenvalue weighted by Crippen LogP contribution is -2.49. The van der Waals surface area contributed by atoms with Crippen LogP contribution in [0.1, 0.15) is 25.8 Å². The highest BCUT2D eigenvalue weighted by Gasteiger charge is 2.18. The minimum absolute atomic E-state index is 0.0895. The maximum atomic E-state index is 11.9. The van der Waals surface area contributed by atoms with Crippen LogP contribution in [0.4, 0.5) is 4.79 Å². The number of hydrogen-bond acceptors (Lipinski definition) is 2. The Labute approximate surface area is 134 Å². The largest absolute Gasteiger partial charge is 0.352 e. The van der Waals surface area contributed by atoms with Crippen LogP contribution in [0.2, 0.25) is 10.0 Å². The van der Waals surface area contributed by atoms with E-state index in [0.29, 0.717) is 16.5 Å².